The number of hydrogen-bond donors (Lipinski definition) is 0. The van der Waals surface area contributed by atoms with E-state index >= 15 is 0 Å². The molecule has 0 N–H and O–H groups in total. The van der Waals surface area contributed by atoms with Crippen LogP contribution in [0.25, 0.3) is 0 Å². The van der Waals surface area contributed by atoms with E-state index in [1.54, 1.807) is 24.3 Å². The third kappa shape index (κ3) is 5.16. The Bertz CT molecular complexity index is 813. The van der Waals surface area contributed by atoms with Gasteiger partial charge >= 0.3 is 0 Å². The van der Waals surface area contributed by atoms with Crippen LogP contribution < -0.4 is 0 Å². The fourth-order valence-corrected chi connectivity index (χ4v) is 8.27. The van der Waals surface area contributed by atoms with Crippen LogP contribution in [0.4, 0.5) is 0 Å². The van der Waals surface area contributed by atoms with E-state index in [9.17, 15) is 9.59 Å². The van der Waals surface area contributed by atoms with Crippen molar-refractivity contribution in [2.24, 2.45) is 5.92 Å². The van der Waals surface area contributed by atoms with Gasteiger partial charge in [-0.3, -0.25) is 9.59 Å². The van der Waals surface area contributed by atoms with E-state index in [0.717, 1.165) is 43.8 Å². The molecule has 1 saturated carbocycles. The summed E-state index contributed by atoms with van der Waals surface area (Å²) in [4.78, 5) is 27.7. The van der Waals surface area contributed by atoms with Crippen molar-refractivity contribution in [3.63, 3.8) is 0 Å². The van der Waals surface area contributed by atoms with Crippen molar-refractivity contribution >= 4 is 20.1 Å². The average molecular weight is 490 g/mol. The van der Waals surface area contributed by atoms with E-state index in [2.05, 4.69) is 20.8 Å². The standard InChI is InChI=1S/C26H39NO6Si/c1-4-34(5-2,6-3)33-18-15-30-23(19-20-11-13-26(14-12-20)31-16-17-32-26)27-24(28)21-9-7-8-10-22(21)25(27)29/h7-10,20,23H,4-6,11-19H2,1-3H3. The maximum Gasteiger partial charge on any atom is 0.263 e. The maximum absolute atomic E-state index is 13.2. The molecule has 7 nitrogen and oxygen atoms in total. The van der Waals surface area contributed by atoms with Gasteiger partial charge in [0.15, 0.2) is 14.1 Å². The zero-order chi connectivity index (χ0) is 24.2. The number of nitrogens with zero attached hydrogens (tertiary/aromatic N) is 1. The fraction of sp³-hybridized carbons (Fsp3) is 0.692. The lowest BCUT2D eigenvalue weighted by molar-refractivity contribution is -0.185. The highest BCUT2D eigenvalue weighted by Crippen LogP contribution is 2.40. The molecule has 0 aromatic heterocycles. The number of amides is 2. The number of ether oxygens (including phenoxy) is 3. The molecule has 2 aliphatic heterocycles. The lowest BCUT2D eigenvalue weighted by atomic mass is 9.82. The van der Waals surface area contributed by atoms with Crippen LogP contribution in [0.5, 0.6) is 0 Å². The summed E-state index contributed by atoms with van der Waals surface area (Å²) >= 11 is 0. The molecular weight excluding hydrogens is 450 g/mol. The first-order valence-corrected chi connectivity index (χ1v) is 15.5. The van der Waals surface area contributed by atoms with Crippen LogP contribution in [0, 0.1) is 5.92 Å². The molecule has 34 heavy (non-hydrogen) atoms. The zero-order valence-corrected chi connectivity index (χ0v) is 21.8. The molecule has 0 radical (unpaired) electrons. The molecule has 0 bridgehead atoms. The van der Waals surface area contributed by atoms with Crippen molar-refractivity contribution in [1.29, 1.82) is 0 Å². The van der Waals surface area contributed by atoms with Gasteiger partial charge in [0.1, 0.15) is 6.23 Å². The van der Waals surface area contributed by atoms with Crippen molar-refractivity contribution in [1.82, 2.24) is 4.90 Å². The molecule has 1 atom stereocenters. The van der Waals surface area contributed by atoms with E-state index < -0.39 is 20.3 Å². The van der Waals surface area contributed by atoms with E-state index in [0.29, 0.717) is 49.9 Å². The van der Waals surface area contributed by atoms with Crippen LogP contribution in [0.15, 0.2) is 24.3 Å². The summed E-state index contributed by atoms with van der Waals surface area (Å²) in [6.45, 7) is 8.79. The first-order chi connectivity index (χ1) is 16.5. The molecule has 2 heterocycles. The Labute approximate surface area is 204 Å². The highest BCUT2D eigenvalue weighted by molar-refractivity contribution is 6.73. The highest BCUT2D eigenvalue weighted by Gasteiger charge is 2.44. The molecule has 2 fully saturated rings. The van der Waals surface area contributed by atoms with Crippen LogP contribution in [-0.4, -0.2) is 63.5 Å². The largest absolute Gasteiger partial charge is 0.414 e. The monoisotopic (exact) mass is 489 g/mol. The first-order valence-electron chi connectivity index (χ1n) is 13.0. The molecule has 3 aliphatic rings. The second-order valence-electron chi connectivity index (χ2n) is 9.73. The third-order valence-electron chi connectivity index (χ3n) is 8.06. The van der Waals surface area contributed by atoms with E-state index in [-0.39, 0.29) is 11.8 Å². The first kappa shape index (κ1) is 25.5. The van der Waals surface area contributed by atoms with Gasteiger partial charge in [0.25, 0.3) is 11.8 Å². The van der Waals surface area contributed by atoms with E-state index in [1.807, 2.05) is 0 Å². The Morgan fingerprint density at radius 3 is 2.06 bits per heavy atom. The zero-order valence-electron chi connectivity index (χ0n) is 20.8. The quantitative estimate of drug-likeness (QED) is 0.248. The number of carbonyl (C=O) groups excluding carboxylic acids is 2. The van der Waals surface area contributed by atoms with Gasteiger partial charge < -0.3 is 18.6 Å². The van der Waals surface area contributed by atoms with Gasteiger partial charge in [-0.15, -0.1) is 0 Å². The van der Waals surface area contributed by atoms with Gasteiger partial charge in [-0.25, -0.2) is 4.90 Å². The third-order valence-corrected chi connectivity index (χ3v) is 12.7. The highest BCUT2D eigenvalue weighted by atomic mass is 28.4. The molecule has 1 aromatic rings. The van der Waals surface area contributed by atoms with Crippen LogP contribution in [0.2, 0.25) is 18.1 Å². The van der Waals surface area contributed by atoms with Gasteiger partial charge in [-0.05, 0) is 55.4 Å². The molecular formula is C26H39NO6Si. The Balaban J connectivity index is 1.42. The molecule has 2 amide bonds. The molecule has 1 spiro atoms. The van der Waals surface area contributed by atoms with Gasteiger partial charge in [-0.1, -0.05) is 32.9 Å². The van der Waals surface area contributed by atoms with Crippen molar-refractivity contribution in [2.75, 3.05) is 26.4 Å². The Morgan fingerprint density at radius 2 is 1.53 bits per heavy atom. The molecule has 8 heteroatoms. The molecule has 1 unspecified atom stereocenters. The summed E-state index contributed by atoms with van der Waals surface area (Å²) in [7, 11) is -1.72. The second-order valence-corrected chi connectivity index (χ2v) is 14.5. The molecule has 188 valence electrons. The number of hydrogen-bond acceptors (Lipinski definition) is 6. The SMILES string of the molecule is CC[Si](CC)(CC)OCCOC(CC1CCC2(CC1)OCCO2)N1C(=O)c2ccccc2C1=O. The Morgan fingerprint density at radius 1 is 0.971 bits per heavy atom. The number of fused-ring (bicyclic) bond motifs is 1. The number of carbonyl (C=O) groups is 2. The van der Waals surface area contributed by atoms with Crippen LogP contribution in [0.1, 0.15) is 73.6 Å². The molecule has 1 aromatic carbocycles. The van der Waals surface area contributed by atoms with Gasteiger partial charge in [0, 0.05) is 12.8 Å². The summed E-state index contributed by atoms with van der Waals surface area (Å²) in [5.41, 5.74) is 0.921. The fourth-order valence-electron chi connectivity index (χ4n) is 5.64. The van der Waals surface area contributed by atoms with Crippen molar-refractivity contribution < 1.29 is 28.2 Å². The molecule has 4 rings (SSSR count). The van der Waals surface area contributed by atoms with E-state index in [4.69, 9.17) is 18.6 Å². The van der Waals surface area contributed by atoms with Gasteiger partial charge in [0.2, 0.25) is 0 Å². The smallest absolute Gasteiger partial charge is 0.263 e. The van der Waals surface area contributed by atoms with Gasteiger partial charge in [-0.2, -0.15) is 0 Å². The summed E-state index contributed by atoms with van der Waals surface area (Å²) in [6, 6.07) is 10.3. The topological polar surface area (TPSA) is 74.3 Å². The number of imide groups is 1. The average Bonchev–Trinajstić information content (AvgIpc) is 3.43. The Hall–Kier alpha value is -1.58. The van der Waals surface area contributed by atoms with Crippen LogP contribution in [0.3, 0.4) is 0 Å². The maximum atomic E-state index is 13.2. The van der Waals surface area contributed by atoms with Crippen LogP contribution in [-0.2, 0) is 18.6 Å². The minimum atomic E-state index is -1.72. The summed E-state index contributed by atoms with van der Waals surface area (Å²) in [5.74, 6) is -0.615. The van der Waals surface area contributed by atoms with Crippen LogP contribution >= 0.6 is 0 Å². The van der Waals surface area contributed by atoms with Crippen molar-refractivity contribution in [2.45, 2.75) is 83.0 Å². The predicted molar refractivity (Wildman–Crippen MR) is 131 cm³/mol. The summed E-state index contributed by atoms with van der Waals surface area (Å²) < 4.78 is 24.4. The lowest BCUT2D eigenvalue weighted by Gasteiger charge is -2.37. The second kappa shape index (κ2) is 11.0. The Kier molecular flexibility index (Phi) is 8.25. The molecule has 1 saturated heterocycles. The van der Waals surface area contributed by atoms with Crippen molar-refractivity contribution in [3.05, 3.63) is 35.4 Å². The van der Waals surface area contributed by atoms with Gasteiger partial charge in [0.05, 0.1) is 37.6 Å². The number of rotatable bonds is 11. The minimum Gasteiger partial charge on any atom is -0.414 e. The lowest BCUT2D eigenvalue weighted by Crippen LogP contribution is -2.45. The summed E-state index contributed by atoms with van der Waals surface area (Å²) in [5, 5.41) is 0. The molecule has 1 aliphatic carbocycles. The number of benzene rings is 1. The minimum absolute atomic E-state index is 0.263. The normalized spacial score (nSPS) is 21.4. The summed E-state index contributed by atoms with van der Waals surface area (Å²) in [6.07, 6.45) is 3.56. The predicted octanol–water partition coefficient (Wildman–Crippen LogP) is 4.97. The van der Waals surface area contributed by atoms with Crippen molar-refractivity contribution in [3.8, 4) is 0 Å². The van der Waals surface area contributed by atoms with E-state index in [1.165, 1.54) is 4.90 Å².